The van der Waals surface area contributed by atoms with Crippen LogP contribution >= 0.6 is 23.2 Å². The van der Waals surface area contributed by atoms with Crippen LogP contribution in [0.1, 0.15) is 16.1 Å². The van der Waals surface area contributed by atoms with Crippen molar-refractivity contribution in [3.05, 3.63) is 67.7 Å². The summed E-state index contributed by atoms with van der Waals surface area (Å²) in [6.45, 7) is 0.254. The molecule has 0 aliphatic rings. The Morgan fingerprint density at radius 2 is 2.15 bits per heavy atom. The molecule has 0 aliphatic heterocycles. The number of nitro groups is 1. The van der Waals surface area contributed by atoms with Gasteiger partial charge in [0.15, 0.2) is 16.5 Å². The van der Waals surface area contributed by atoms with Crippen molar-refractivity contribution in [3.8, 4) is 0 Å². The molecule has 26 heavy (non-hydrogen) atoms. The van der Waals surface area contributed by atoms with Gasteiger partial charge < -0.3 is 15.4 Å². The summed E-state index contributed by atoms with van der Waals surface area (Å²) in [4.78, 5) is 22.0. The van der Waals surface area contributed by atoms with Crippen molar-refractivity contribution in [1.29, 1.82) is 0 Å². The van der Waals surface area contributed by atoms with Crippen molar-refractivity contribution in [2.45, 2.75) is 6.54 Å². The zero-order valence-corrected chi connectivity index (χ0v) is 14.3. The van der Waals surface area contributed by atoms with Gasteiger partial charge >= 0.3 is 5.82 Å². The number of aromatic nitrogens is 4. The summed E-state index contributed by atoms with van der Waals surface area (Å²) in [5, 5.41) is 22.7. The van der Waals surface area contributed by atoms with E-state index in [-0.39, 0.29) is 23.1 Å². The van der Waals surface area contributed by atoms with Gasteiger partial charge in [0.05, 0.1) is 6.54 Å². The molecule has 0 saturated heterocycles. The summed E-state index contributed by atoms with van der Waals surface area (Å²) in [6, 6.07) is 5.50. The first-order valence-electron chi connectivity index (χ1n) is 7.02. The van der Waals surface area contributed by atoms with Crippen LogP contribution in [0.3, 0.4) is 0 Å². The number of carbonyl (C=O) groups is 1. The number of anilines is 1. The summed E-state index contributed by atoms with van der Waals surface area (Å²) >= 11 is 11.7. The zero-order chi connectivity index (χ0) is 18.8. The van der Waals surface area contributed by atoms with E-state index >= 15 is 0 Å². The van der Waals surface area contributed by atoms with Gasteiger partial charge in [-0.05, 0) is 22.6 Å². The number of nitrogens with one attached hydrogen (secondary N) is 2. The molecule has 0 unspecified atom stereocenters. The van der Waals surface area contributed by atoms with Crippen molar-refractivity contribution in [2.75, 3.05) is 5.32 Å². The van der Waals surface area contributed by atoms with Gasteiger partial charge in [0.1, 0.15) is 5.82 Å². The normalized spacial score (nSPS) is 10.7. The maximum absolute atomic E-state index is 13.1. The maximum atomic E-state index is 13.1. The average Bonchev–Trinajstić information content (AvgIpc) is 3.16. The molecule has 12 heteroatoms. The van der Waals surface area contributed by atoms with Gasteiger partial charge in [-0.25, -0.2) is 4.39 Å². The number of H-pyrrole nitrogens is 1. The Bertz CT molecular complexity index is 1000. The third kappa shape index (κ3) is 3.65. The lowest BCUT2D eigenvalue weighted by molar-refractivity contribution is -0.389. The molecule has 2 N–H and O–H groups in total. The highest BCUT2D eigenvalue weighted by molar-refractivity contribution is 6.35. The van der Waals surface area contributed by atoms with E-state index in [1.165, 1.54) is 28.9 Å². The molecule has 2 aromatic heterocycles. The molecule has 9 nitrogen and oxygen atoms in total. The highest BCUT2D eigenvalue weighted by atomic mass is 35.5. The van der Waals surface area contributed by atoms with Crippen LogP contribution in [0.25, 0.3) is 0 Å². The van der Waals surface area contributed by atoms with E-state index in [4.69, 9.17) is 23.2 Å². The predicted octanol–water partition coefficient (Wildman–Crippen LogP) is 3.26. The molecular weight excluding hydrogens is 390 g/mol. The van der Waals surface area contributed by atoms with Gasteiger partial charge in [-0.15, -0.1) is 5.10 Å². The minimum atomic E-state index is -0.784. The van der Waals surface area contributed by atoms with Crippen molar-refractivity contribution >= 4 is 40.7 Å². The first-order chi connectivity index (χ1) is 12.3. The second kappa shape index (κ2) is 7.10. The minimum Gasteiger partial charge on any atom is -0.358 e. The Kier molecular flexibility index (Phi) is 4.87. The fraction of sp³-hybridized carbons (Fsp3) is 0.0714. The quantitative estimate of drug-likeness (QED) is 0.504. The van der Waals surface area contributed by atoms with E-state index in [9.17, 15) is 19.3 Å². The summed E-state index contributed by atoms with van der Waals surface area (Å²) in [5.74, 6) is -1.61. The molecule has 0 radical (unpaired) electrons. The van der Waals surface area contributed by atoms with E-state index in [0.717, 1.165) is 0 Å². The highest BCUT2D eigenvalue weighted by Crippen LogP contribution is 2.25. The first kappa shape index (κ1) is 17.8. The van der Waals surface area contributed by atoms with Crippen LogP contribution < -0.4 is 5.32 Å². The van der Waals surface area contributed by atoms with E-state index < -0.39 is 27.5 Å². The first-order valence-corrected chi connectivity index (χ1v) is 7.77. The van der Waals surface area contributed by atoms with Crippen molar-refractivity contribution in [2.24, 2.45) is 0 Å². The molecule has 0 atom stereocenters. The number of rotatable bonds is 5. The summed E-state index contributed by atoms with van der Waals surface area (Å²) in [6.07, 6.45) is 1.57. The van der Waals surface area contributed by atoms with E-state index in [2.05, 4.69) is 20.6 Å². The monoisotopic (exact) mass is 398 g/mol. The van der Waals surface area contributed by atoms with Crippen LogP contribution in [0, 0.1) is 15.9 Å². The van der Waals surface area contributed by atoms with Crippen LogP contribution in [0.4, 0.5) is 16.0 Å². The molecular formula is C14H9Cl2FN6O3. The van der Waals surface area contributed by atoms with Gasteiger partial charge in [0.2, 0.25) is 0 Å². The predicted molar refractivity (Wildman–Crippen MR) is 90.9 cm³/mol. The van der Waals surface area contributed by atoms with E-state index in [1.54, 1.807) is 6.20 Å². The van der Waals surface area contributed by atoms with Gasteiger partial charge in [0.25, 0.3) is 5.91 Å². The summed E-state index contributed by atoms with van der Waals surface area (Å²) in [7, 11) is 0. The van der Waals surface area contributed by atoms with Crippen LogP contribution in [-0.4, -0.2) is 30.8 Å². The molecule has 0 aliphatic carbocycles. The fourth-order valence-electron chi connectivity index (χ4n) is 2.11. The van der Waals surface area contributed by atoms with Crippen LogP contribution in [0.5, 0.6) is 0 Å². The zero-order valence-electron chi connectivity index (χ0n) is 12.7. The smallest absolute Gasteiger partial charge is 0.358 e. The third-order valence-corrected chi connectivity index (χ3v) is 4.03. The fourth-order valence-corrected chi connectivity index (χ4v) is 2.57. The molecule has 3 aromatic rings. The number of hydrogen-bond donors (Lipinski definition) is 2. The molecule has 134 valence electrons. The SMILES string of the molecule is O=C(Nc1ccn(Cc2ccc(F)cc2Cl)n1)c1n[nH]c([N+](=O)[O-])c1Cl. The van der Waals surface area contributed by atoms with Gasteiger partial charge in [-0.2, -0.15) is 5.10 Å². The standard InChI is InChI=1S/C14H9Cl2FN6O3/c15-9-5-8(17)2-1-7(9)6-22-4-3-10(21-22)18-14(24)12-11(16)13(20-19-12)23(25)26/h1-5H,6H2,(H,19,20)(H,18,21,24). The second-order valence-corrected chi connectivity index (χ2v) is 5.87. The summed E-state index contributed by atoms with van der Waals surface area (Å²) < 4.78 is 14.5. The van der Waals surface area contributed by atoms with Gasteiger partial charge in [0, 0.05) is 17.3 Å². The number of hydrogen-bond acceptors (Lipinski definition) is 5. The van der Waals surface area contributed by atoms with Crippen molar-refractivity contribution in [1.82, 2.24) is 20.0 Å². The van der Waals surface area contributed by atoms with E-state index in [0.29, 0.717) is 5.56 Å². The molecule has 1 aromatic carbocycles. The Hall–Kier alpha value is -2.98. The molecule has 0 fully saturated rings. The molecule has 0 bridgehead atoms. The number of carbonyl (C=O) groups excluding carboxylic acids is 1. The Morgan fingerprint density at radius 1 is 1.38 bits per heavy atom. The topological polar surface area (TPSA) is 119 Å². The Balaban J connectivity index is 1.72. The number of amides is 1. The van der Waals surface area contributed by atoms with Crippen LogP contribution in [0.15, 0.2) is 30.5 Å². The average molecular weight is 399 g/mol. The third-order valence-electron chi connectivity index (χ3n) is 3.32. The summed E-state index contributed by atoms with van der Waals surface area (Å²) in [5.41, 5.74) is 0.314. The van der Waals surface area contributed by atoms with Gasteiger partial charge in [-0.3, -0.25) is 9.48 Å². The van der Waals surface area contributed by atoms with Crippen molar-refractivity contribution < 1.29 is 14.1 Å². The number of benzene rings is 1. The molecule has 0 saturated carbocycles. The molecule has 1 amide bonds. The number of aromatic amines is 1. The lowest BCUT2D eigenvalue weighted by atomic mass is 10.2. The second-order valence-electron chi connectivity index (χ2n) is 5.08. The molecule has 2 heterocycles. The number of halogens is 3. The molecule has 3 rings (SSSR count). The largest absolute Gasteiger partial charge is 0.362 e. The van der Waals surface area contributed by atoms with Crippen LogP contribution in [0.2, 0.25) is 10.0 Å². The van der Waals surface area contributed by atoms with E-state index in [1.807, 2.05) is 0 Å². The minimum absolute atomic E-state index is 0.176. The Labute approximate surface area is 154 Å². The lowest BCUT2D eigenvalue weighted by Gasteiger charge is -2.04. The lowest BCUT2D eigenvalue weighted by Crippen LogP contribution is -2.14. The van der Waals surface area contributed by atoms with Gasteiger partial charge in [-0.1, -0.05) is 34.4 Å². The van der Waals surface area contributed by atoms with Crippen LogP contribution in [-0.2, 0) is 6.54 Å². The Morgan fingerprint density at radius 3 is 2.81 bits per heavy atom. The van der Waals surface area contributed by atoms with Crippen molar-refractivity contribution in [3.63, 3.8) is 0 Å². The molecule has 0 spiro atoms. The maximum Gasteiger partial charge on any atom is 0.362 e. The highest BCUT2D eigenvalue weighted by Gasteiger charge is 2.25. The number of nitrogens with zero attached hydrogens (tertiary/aromatic N) is 4.